The molecule has 0 aromatic heterocycles. The lowest BCUT2D eigenvalue weighted by molar-refractivity contribution is -0.118. The molecule has 0 unspecified atom stereocenters. The lowest BCUT2D eigenvalue weighted by Gasteiger charge is -2.08. The highest BCUT2D eigenvalue weighted by atomic mass is 79.9. The van der Waals surface area contributed by atoms with Crippen LogP contribution in [0, 0.1) is 11.3 Å². The van der Waals surface area contributed by atoms with Gasteiger partial charge in [-0.1, -0.05) is 51.8 Å². The fourth-order valence-electron chi connectivity index (χ4n) is 2.65. The molecule has 0 aliphatic heterocycles. The van der Waals surface area contributed by atoms with Gasteiger partial charge in [-0.2, -0.15) is 5.26 Å². The number of carbonyl (C=O) groups excluding carboxylic acids is 2. The summed E-state index contributed by atoms with van der Waals surface area (Å²) in [5.41, 5.74) is 1.75. The minimum atomic E-state index is -0.511. The zero-order chi connectivity index (χ0) is 22.9. The Bertz CT molecular complexity index is 1200. The van der Waals surface area contributed by atoms with Gasteiger partial charge in [0.15, 0.2) is 6.61 Å². The van der Waals surface area contributed by atoms with Crippen molar-refractivity contribution in [3.05, 3.63) is 93.4 Å². The molecule has 0 saturated heterocycles. The number of nitriles is 1. The van der Waals surface area contributed by atoms with Crippen LogP contribution in [0.1, 0.15) is 5.56 Å². The smallest absolute Gasteiger partial charge is 0.266 e. The number of anilines is 2. The number of carbonyl (C=O) groups is 2. The maximum atomic E-state index is 12.4. The Balaban J connectivity index is 1.57. The van der Waals surface area contributed by atoms with E-state index < -0.39 is 5.91 Å². The normalized spacial score (nSPS) is 10.7. The fourth-order valence-corrected chi connectivity index (χ4v) is 3.24. The van der Waals surface area contributed by atoms with E-state index >= 15 is 0 Å². The van der Waals surface area contributed by atoms with E-state index in [1.807, 2.05) is 12.1 Å². The molecule has 2 amide bonds. The molecular weight excluding hydrogens is 494 g/mol. The van der Waals surface area contributed by atoms with E-state index in [9.17, 15) is 14.9 Å². The third kappa shape index (κ3) is 6.98. The molecule has 160 valence electrons. The van der Waals surface area contributed by atoms with Gasteiger partial charge in [0.25, 0.3) is 11.8 Å². The summed E-state index contributed by atoms with van der Waals surface area (Å²) >= 11 is 9.23. The molecule has 6 nitrogen and oxygen atoms in total. The Morgan fingerprint density at radius 1 is 1.00 bits per heavy atom. The summed E-state index contributed by atoms with van der Waals surface area (Å²) in [6.45, 7) is -0.180. The van der Waals surface area contributed by atoms with Crippen LogP contribution >= 0.6 is 27.5 Å². The number of halogens is 2. The van der Waals surface area contributed by atoms with Gasteiger partial charge in [0, 0.05) is 20.9 Å². The van der Waals surface area contributed by atoms with Gasteiger partial charge >= 0.3 is 0 Å². The summed E-state index contributed by atoms with van der Waals surface area (Å²) in [6, 6.07) is 22.5. The summed E-state index contributed by atoms with van der Waals surface area (Å²) in [5.74, 6) is -0.365. The van der Waals surface area contributed by atoms with Crippen LogP contribution in [0.4, 0.5) is 11.4 Å². The summed E-state index contributed by atoms with van der Waals surface area (Å²) in [5, 5.41) is 15.3. The first kappa shape index (κ1) is 23.1. The molecule has 0 aliphatic carbocycles. The Morgan fingerprint density at radius 3 is 2.34 bits per heavy atom. The van der Waals surface area contributed by atoms with Crippen LogP contribution in [0.3, 0.4) is 0 Å². The quantitative estimate of drug-likeness (QED) is 0.317. The first-order valence-electron chi connectivity index (χ1n) is 9.40. The molecule has 0 atom stereocenters. The van der Waals surface area contributed by atoms with Crippen molar-refractivity contribution in [2.24, 2.45) is 0 Å². The lowest BCUT2D eigenvalue weighted by atomic mass is 10.1. The molecular formula is C24H17BrClN3O3. The van der Waals surface area contributed by atoms with Crippen LogP contribution in [-0.4, -0.2) is 18.4 Å². The molecule has 0 spiro atoms. The van der Waals surface area contributed by atoms with Gasteiger partial charge in [-0.05, 0) is 60.2 Å². The molecule has 3 aromatic carbocycles. The molecule has 0 fully saturated rings. The van der Waals surface area contributed by atoms with Crippen LogP contribution in [0.2, 0.25) is 5.02 Å². The van der Waals surface area contributed by atoms with Crippen molar-refractivity contribution in [1.82, 2.24) is 0 Å². The molecule has 0 saturated carbocycles. The Labute approximate surface area is 198 Å². The Hall–Kier alpha value is -3.60. The predicted octanol–water partition coefficient (Wildman–Crippen LogP) is 5.67. The molecule has 8 heteroatoms. The average molecular weight is 511 g/mol. The monoisotopic (exact) mass is 509 g/mol. The van der Waals surface area contributed by atoms with Gasteiger partial charge in [0.2, 0.25) is 0 Å². The van der Waals surface area contributed by atoms with Crippen LogP contribution in [0.15, 0.2) is 82.8 Å². The second-order valence-electron chi connectivity index (χ2n) is 6.55. The van der Waals surface area contributed by atoms with Gasteiger partial charge in [0.1, 0.15) is 17.4 Å². The van der Waals surface area contributed by atoms with Gasteiger partial charge in [-0.15, -0.1) is 0 Å². The standard InChI is InChI=1S/C24H17BrClN3O3/c25-18-3-1-5-20(12-18)29-24(31)17(14-27)11-16-7-9-22(10-8-16)32-15-23(30)28-21-6-2-4-19(26)13-21/h1-13H,15H2,(H,28,30)(H,29,31)/b17-11+. The Morgan fingerprint density at radius 2 is 1.69 bits per heavy atom. The van der Waals surface area contributed by atoms with Crippen LogP contribution in [0.5, 0.6) is 5.75 Å². The molecule has 3 aromatic rings. The zero-order valence-corrected chi connectivity index (χ0v) is 19.0. The van der Waals surface area contributed by atoms with E-state index in [2.05, 4.69) is 26.6 Å². The maximum absolute atomic E-state index is 12.4. The Kier molecular flexibility index (Phi) is 8.03. The second-order valence-corrected chi connectivity index (χ2v) is 7.90. The van der Waals surface area contributed by atoms with Crippen molar-refractivity contribution >= 4 is 56.8 Å². The fraction of sp³-hybridized carbons (Fsp3) is 0.0417. The highest BCUT2D eigenvalue weighted by molar-refractivity contribution is 9.10. The van der Waals surface area contributed by atoms with E-state index in [1.54, 1.807) is 66.7 Å². The third-order valence-corrected chi connectivity index (χ3v) is 4.85. The maximum Gasteiger partial charge on any atom is 0.266 e. The molecule has 0 bridgehead atoms. The highest BCUT2D eigenvalue weighted by Crippen LogP contribution is 2.19. The van der Waals surface area contributed by atoms with E-state index in [0.29, 0.717) is 27.7 Å². The van der Waals surface area contributed by atoms with Crippen molar-refractivity contribution in [2.45, 2.75) is 0 Å². The second kappa shape index (κ2) is 11.1. The van der Waals surface area contributed by atoms with Gasteiger partial charge in [-0.25, -0.2) is 0 Å². The first-order chi connectivity index (χ1) is 15.4. The molecule has 32 heavy (non-hydrogen) atoms. The van der Waals surface area contributed by atoms with Crippen LogP contribution in [0.25, 0.3) is 6.08 Å². The summed E-state index contributed by atoms with van der Waals surface area (Å²) in [4.78, 5) is 24.4. The SMILES string of the molecule is N#C/C(=C\c1ccc(OCC(=O)Nc2cccc(Cl)c2)cc1)C(=O)Nc1cccc(Br)c1. The van der Waals surface area contributed by atoms with E-state index in [1.165, 1.54) is 6.08 Å². The van der Waals surface area contributed by atoms with Gasteiger partial charge in [-0.3, -0.25) is 9.59 Å². The van der Waals surface area contributed by atoms with Crippen LogP contribution in [-0.2, 0) is 9.59 Å². The van der Waals surface area contributed by atoms with Crippen molar-refractivity contribution in [3.8, 4) is 11.8 Å². The minimum Gasteiger partial charge on any atom is -0.484 e. The molecule has 3 rings (SSSR count). The highest BCUT2D eigenvalue weighted by Gasteiger charge is 2.10. The molecule has 0 radical (unpaired) electrons. The number of rotatable bonds is 7. The number of hydrogen-bond donors (Lipinski definition) is 2. The van der Waals surface area contributed by atoms with E-state index in [-0.39, 0.29) is 18.1 Å². The number of ether oxygens (including phenoxy) is 1. The van der Waals surface area contributed by atoms with Gasteiger partial charge in [0.05, 0.1) is 0 Å². The minimum absolute atomic E-state index is 0.0421. The summed E-state index contributed by atoms with van der Waals surface area (Å²) in [7, 11) is 0. The number of nitrogens with one attached hydrogen (secondary N) is 2. The van der Waals surface area contributed by atoms with Crippen LogP contribution < -0.4 is 15.4 Å². The molecule has 0 heterocycles. The first-order valence-corrected chi connectivity index (χ1v) is 10.6. The summed E-state index contributed by atoms with van der Waals surface area (Å²) < 4.78 is 6.29. The van der Waals surface area contributed by atoms with Crippen molar-refractivity contribution in [3.63, 3.8) is 0 Å². The number of nitrogens with zero attached hydrogens (tertiary/aromatic N) is 1. The lowest BCUT2D eigenvalue weighted by Crippen LogP contribution is -2.20. The number of amides is 2. The number of benzene rings is 3. The molecule has 2 N–H and O–H groups in total. The number of hydrogen-bond acceptors (Lipinski definition) is 4. The average Bonchev–Trinajstić information content (AvgIpc) is 2.77. The topological polar surface area (TPSA) is 91.2 Å². The summed E-state index contributed by atoms with van der Waals surface area (Å²) in [6.07, 6.45) is 1.48. The zero-order valence-electron chi connectivity index (χ0n) is 16.6. The van der Waals surface area contributed by atoms with Crippen molar-refractivity contribution < 1.29 is 14.3 Å². The van der Waals surface area contributed by atoms with E-state index in [4.69, 9.17) is 16.3 Å². The predicted molar refractivity (Wildman–Crippen MR) is 128 cm³/mol. The van der Waals surface area contributed by atoms with E-state index in [0.717, 1.165) is 4.47 Å². The van der Waals surface area contributed by atoms with Crippen molar-refractivity contribution in [2.75, 3.05) is 17.2 Å². The van der Waals surface area contributed by atoms with Gasteiger partial charge < -0.3 is 15.4 Å². The third-order valence-electron chi connectivity index (χ3n) is 4.12. The van der Waals surface area contributed by atoms with Crippen molar-refractivity contribution in [1.29, 1.82) is 5.26 Å². The largest absolute Gasteiger partial charge is 0.484 e. The molecule has 0 aliphatic rings.